The van der Waals surface area contributed by atoms with Gasteiger partial charge >= 0.3 is 257 Å². The molecule has 0 unspecified atom stereocenters. The van der Waals surface area contributed by atoms with Crippen molar-refractivity contribution < 1.29 is 290 Å². The number of rotatable bonds is 14. The van der Waals surface area contributed by atoms with Gasteiger partial charge in [0, 0.05) is 34.8 Å². The maximum Gasteiger partial charge on any atom is 1.00 e. The number of carbonyl (C=O) groups excluding carboxylic acids is 2. The van der Waals surface area contributed by atoms with Gasteiger partial charge in [-0.2, -0.15) is 71.1 Å². The van der Waals surface area contributed by atoms with E-state index in [0.717, 1.165) is 25.8 Å². The molecule has 380 valence electrons. The minimum absolute atomic E-state index is 0. The summed E-state index contributed by atoms with van der Waals surface area (Å²) in [6.45, 7) is 10.9. The van der Waals surface area contributed by atoms with E-state index in [1.165, 1.54) is 53.2 Å². The van der Waals surface area contributed by atoms with E-state index in [4.69, 9.17) is 16.6 Å². The van der Waals surface area contributed by atoms with E-state index in [1.54, 1.807) is 45.2 Å². The summed E-state index contributed by atoms with van der Waals surface area (Å²) in [4.78, 5) is 35.7. The second-order valence-corrected chi connectivity index (χ2v) is 20.7. The second kappa shape index (κ2) is 29.7. The summed E-state index contributed by atoms with van der Waals surface area (Å²) in [5, 5.41) is 73.4. The SMILES string of the molecule is CC(C)(C)c1nn(-c2nc([O-])nc(-n3nc(C(C)(C)C)c(N=Nc4c(S(=O)(=O)c5ccccc5)cnn4-c4c[c-]cc(C(=O)[O-])c4)c3N)n2)c(N)c1N=Nc1c(Cc2ccccc2)cnn1-c1c[c-]cc(C(=O)[O-])c1.[K+].[K+].[K+].[K+].[K+]. The van der Waals surface area contributed by atoms with Gasteiger partial charge in [-0.15, -0.1) is 43.7 Å². The summed E-state index contributed by atoms with van der Waals surface area (Å²) in [7, 11) is -4.32. The number of carbonyl (C=O) groups is 2. The molecule has 4 N–H and O–H groups in total. The predicted octanol–water partition coefficient (Wildman–Crippen LogP) is -9.95. The molecular formula is C50H42K5N17O7S. The number of carboxylic acids is 2. The first-order valence-corrected chi connectivity index (χ1v) is 24.1. The largest absolute Gasteiger partial charge is 1.00 e. The Balaban J connectivity index is 0.00000276. The van der Waals surface area contributed by atoms with Crippen molar-refractivity contribution >= 4 is 56.4 Å². The molecule has 0 radical (unpaired) electrons. The van der Waals surface area contributed by atoms with E-state index < -0.39 is 38.6 Å². The van der Waals surface area contributed by atoms with Crippen molar-refractivity contribution in [2.45, 2.75) is 68.6 Å². The molecule has 0 spiro atoms. The van der Waals surface area contributed by atoms with Crippen molar-refractivity contribution in [3.05, 3.63) is 155 Å². The molecule has 0 amide bonds. The Bertz CT molecular complexity index is 3880. The number of azo groups is 2. The maximum atomic E-state index is 14.1. The molecule has 0 atom stereocenters. The average Bonchev–Trinajstić information content (AvgIpc) is 4.19. The van der Waals surface area contributed by atoms with Crippen LogP contribution in [0.5, 0.6) is 6.01 Å². The van der Waals surface area contributed by atoms with Crippen molar-refractivity contribution in [2.75, 3.05) is 11.5 Å². The fraction of sp³-hybridized carbons (Fsp3) is 0.180. The molecule has 0 aliphatic heterocycles. The summed E-state index contributed by atoms with van der Waals surface area (Å²) in [5.41, 5.74) is 14.1. The second-order valence-electron chi connectivity index (χ2n) is 18.8. The molecule has 0 saturated heterocycles. The van der Waals surface area contributed by atoms with Crippen molar-refractivity contribution in [3.8, 4) is 29.3 Å². The molecule has 24 nitrogen and oxygen atoms in total. The van der Waals surface area contributed by atoms with Crippen LogP contribution in [0, 0.1) is 12.1 Å². The van der Waals surface area contributed by atoms with E-state index >= 15 is 0 Å². The first kappa shape index (κ1) is 70.9. The van der Waals surface area contributed by atoms with E-state index in [1.807, 2.05) is 51.1 Å². The van der Waals surface area contributed by atoms with Gasteiger partial charge < -0.3 is 36.4 Å². The summed E-state index contributed by atoms with van der Waals surface area (Å²) < 4.78 is 32.8. The zero-order chi connectivity index (χ0) is 53.6. The number of hydrogen-bond acceptors (Lipinski definition) is 20. The minimum atomic E-state index is -4.32. The molecule has 0 saturated carbocycles. The summed E-state index contributed by atoms with van der Waals surface area (Å²) in [6.07, 6.45) is 3.02. The summed E-state index contributed by atoms with van der Waals surface area (Å²) >= 11 is 0. The van der Waals surface area contributed by atoms with Crippen LogP contribution in [0.15, 0.2) is 140 Å². The smallest absolute Gasteiger partial charge is 0.844 e. The topological polar surface area (TPSA) is 349 Å². The van der Waals surface area contributed by atoms with Gasteiger partial charge in [0.25, 0.3) is 11.9 Å². The van der Waals surface area contributed by atoms with Gasteiger partial charge in [-0.05, 0) is 29.1 Å². The summed E-state index contributed by atoms with van der Waals surface area (Å²) in [6, 6.07) is 29.4. The third-order valence-electron chi connectivity index (χ3n) is 11.3. The van der Waals surface area contributed by atoms with Crippen LogP contribution < -0.4 is 284 Å². The number of anilines is 2. The molecule has 30 heteroatoms. The van der Waals surface area contributed by atoms with Gasteiger partial charge in [-0.3, -0.25) is 9.36 Å². The number of aromatic nitrogens is 11. The Morgan fingerprint density at radius 1 is 0.600 bits per heavy atom. The van der Waals surface area contributed by atoms with Crippen LogP contribution in [0.4, 0.5) is 34.6 Å². The van der Waals surface area contributed by atoms with Crippen molar-refractivity contribution in [1.82, 2.24) is 54.1 Å². The third kappa shape index (κ3) is 15.7. The van der Waals surface area contributed by atoms with E-state index in [2.05, 4.69) is 62.8 Å². The number of carboxylic acid groups (broad SMARTS) is 2. The van der Waals surface area contributed by atoms with Gasteiger partial charge in [-0.25, -0.2) is 18.4 Å². The molecule has 9 rings (SSSR count). The van der Waals surface area contributed by atoms with Crippen LogP contribution in [-0.2, 0) is 27.1 Å². The number of nitrogens with zero attached hydrogens (tertiary/aromatic N) is 15. The third-order valence-corrected chi connectivity index (χ3v) is 13.0. The maximum absolute atomic E-state index is 14.1. The van der Waals surface area contributed by atoms with Crippen LogP contribution >= 0.6 is 0 Å². The molecule has 80 heavy (non-hydrogen) atoms. The van der Waals surface area contributed by atoms with Crippen LogP contribution in [0.25, 0.3) is 23.3 Å². The zero-order valence-electron chi connectivity index (χ0n) is 45.7. The van der Waals surface area contributed by atoms with Crippen LogP contribution in [-0.4, -0.2) is 74.4 Å². The Labute approximate surface area is 672 Å². The molecule has 5 aromatic heterocycles. The van der Waals surface area contributed by atoms with Gasteiger partial charge in [0.05, 0.1) is 34.7 Å². The number of benzene rings is 4. The van der Waals surface area contributed by atoms with Crippen molar-refractivity contribution in [3.63, 3.8) is 0 Å². The molecule has 0 bridgehead atoms. The molecule has 0 fully saturated rings. The van der Waals surface area contributed by atoms with E-state index in [9.17, 15) is 33.3 Å². The summed E-state index contributed by atoms with van der Waals surface area (Å²) in [5.74, 6) is -4.14. The number of nitrogen functional groups attached to an aromatic ring is 2. The van der Waals surface area contributed by atoms with Gasteiger partial charge in [-0.1, -0.05) is 90.1 Å². The normalized spacial score (nSPS) is 11.5. The van der Waals surface area contributed by atoms with Gasteiger partial charge in [0.2, 0.25) is 9.84 Å². The Morgan fingerprint density at radius 2 is 1.04 bits per heavy atom. The quantitative estimate of drug-likeness (QED) is 0.0580. The Hall–Kier alpha value is -1.60. The molecule has 5 heterocycles. The van der Waals surface area contributed by atoms with Crippen LogP contribution in [0.1, 0.15) is 84.8 Å². The molecule has 0 aliphatic rings. The van der Waals surface area contributed by atoms with Crippen molar-refractivity contribution in [1.29, 1.82) is 0 Å². The molecule has 4 aromatic carbocycles. The minimum Gasteiger partial charge on any atom is -0.844 e. The van der Waals surface area contributed by atoms with E-state index in [0.29, 0.717) is 23.4 Å². The fourth-order valence-electron chi connectivity index (χ4n) is 7.61. The first-order valence-electron chi connectivity index (χ1n) is 22.6. The molecular weight excluding hydrogens is 1180 g/mol. The number of sulfone groups is 1. The van der Waals surface area contributed by atoms with Crippen molar-refractivity contribution in [2.24, 2.45) is 20.5 Å². The van der Waals surface area contributed by atoms with Gasteiger partial charge in [0.15, 0.2) is 34.6 Å². The molecule has 0 aliphatic carbocycles. The standard InChI is InChI=1S/C50H45N17O7S.5K/c1-49(2,3)38-36(58-60-42-31(23-28-15-9-7-10-16-28)26-53-64(42)32-19-13-17-29(24-32)44(68)69)40(51)66(62-38)46-55-47(57-48(72)56-46)67-41(52)37(39(63-67)50(4,5)6)59-61-43-35(75(73,74)34-21-11-8-12-22-34)27-54-65(43)33-20-14-18-30(25-33)45(70)71;;;;;/h7-12,15-22,24-27H,23,51-52H2,1-6H3,(H,68,69)(H,70,71)(H,55,56,57,72);;;;;/q-2;5*+1/p-3. The predicted molar refractivity (Wildman–Crippen MR) is 263 cm³/mol. The fourth-order valence-corrected chi connectivity index (χ4v) is 8.94. The Morgan fingerprint density at radius 3 is 1.50 bits per heavy atom. The van der Waals surface area contributed by atoms with Crippen LogP contribution in [0.3, 0.4) is 0 Å². The zero-order valence-corrected chi connectivity index (χ0v) is 62.2. The average molecular weight is 1220 g/mol. The number of aromatic carboxylic acids is 2. The Kier molecular flexibility index (Phi) is 26.3. The van der Waals surface area contributed by atoms with Crippen LogP contribution in [0.2, 0.25) is 0 Å². The van der Waals surface area contributed by atoms with E-state index in [-0.39, 0.29) is 336 Å². The number of hydrogen-bond donors (Lipinski definition) is 2. The van der Waals surface area contributed by atoms with Gasteiger partial charge in [0.1, 0.15) is 4.90 Å². The monoisotopic (exact) mass is 1220 g/mol. The first-order chi connectivity index (χ1) is 35.6. The molecule has 9 aromatic rings. The number of nitrogens with two attached hydrogens (primary N) is 2.